The smallest absolute Gasteiger partial charge is 0.0115 e. The molecule has 0 aliphatic carbocycles. The molecule has 0 aliphatic rings. The second kappa shape index (κ2) is 5.89. The Morgan fingerprint density at radius 3 is 2.17 bits per heavy atom. The molecule has 12 heavy (non-hydrogen) atoms. The minimum Gasteiger partial charge on any atom is -0.0980 e. The van der Waals surface area contributed by atoms with Crippen molar-refractivity contribution in [1.82, 2.24) is 0 Å². The SMILES string of the molecule is C=C(C#CCC(C)C)CC(C)C. The highest BCUT2D eigenvalue weighted by atomic mass is 14.0. The van der Waals surface area contributed by atoms with Gasteiger partial charge in [0.1, 0.15) is 0 Å². The largest absolute Gasteiger partial charge is 0.0980 e. The maximum atomic E-state index is 3.92. The van der Waals surface area contributed by atoms with Gasteiger partial charge in [0.05, 0.1) is 0 Å². The van der Waals surface area contributed by atoms with Crippen molar-refractivity contribution in [2.45, 2.75) is 40.5 Å². The van der Waals surface area contributed by atoms with Crippen molar-refractivity contribution >= 4 is 0 Å². The third-order valence-electron chi connectivity index (χ3n) is 1.43. The van der Waals surface area contributed by atoms with Gasteiger partial charge in [0.15, 0.2) is 0 Å². The van der Waals surface area contributed by atoms with Crippen LogP contribution in [0.25, 0.3) is 0 Å². The summed E-state index contributed by atoms with van der Waals surface area (Å²) in [4.78, 5) is 0. The van der Waals surface area contributed by atoms with Crippen molar-refractivity contribution < 1.29 is 0 Å². The normalized spacial score (nSPS) is 9.83. The predicted octanol–water partition coefficient (Wildman–Crippen LogP) is 3.64. The third kappa shape index (κ3) is 7.41. The molecule has 0 rings (SSSR count). The first kappa shape index (κ1) is 11.3. The van der Waals surface area contributed by atoms with Crippen LogP contribution in [0.3, 0.4) is 0 Å². The summed E-state index contributed by atoms with van der Waals surface area (Å²) >= 11 is 0. The van der Waals surface area contributed by atoms with E-state index >= 15 is 0 Å². The van der Waals surface area contributed by atoms with Crippen molar-refractivity contribution in [1.29, 1.82) is 0 Å². The van der Waals surface area contributed by atoms with Crippen LogP contribution < -0.4 is 0 Å². The van der Waals surface area contributed by atoms with E-state index in [2.05, 4.69) is 46.1 Å². The zero-order valence-corrected chi connectivity index (χ0v) is 8.78. The quantitative estimate of drug-likeness (QED) is 0.559. The van der Waals surface area contributed by atoms with Crippen LogP contribution >= 0.6 is 0 Å². The number of allylic oxidation sites excluding steroid dienone is 1. The Kier molecular flexibility index (Phi) is 5.54. The molecule has 0 amide bonds. The lowest BCUT2D eigenvalue weighted by Gasteiger charge is -2.00. The summed E-state index contributed by atoms with van der Waals surface area (Å²) in [5.41, 5.74) is 1.07. The average Bonchev–Trinajstić information content (AvgIpc) is 1.84. The summed E-state index contributed by atoms with van der Waals surface area (Å²) in [6.07, 6.45) is 2.02. The summed E-state index contributed by atoms with van der Waals surface area (Å²) in [6, 6.07) is 0. The zero-order valence-electron chi connectivity index (χ0n) is 8.78. The molecule has 0 aromatic heterocycles. The summed E-state index contributed by atoms with van der Waals surface area (Å²) in [6.45, 7) is 12.7. The molecular formula is C12H20. The summed E-state index contributed by atoms with van der Waals surface area (Å²) in [5.74, 6) is 7.58. The van der Waals surface area contributed by atoms with E-state index in [9.17, 15) is 0 Å². The van der Waals surface area contributed by atoms with E-state index in [-0.39, 0.29) is 0 Å². The van der Waals surface area contributed by atoms with Crippen molar-refractivity contribution in [3.8, 4) is 11.8 Å². The highest BCUT2D eigenvalue weighted by Gasteiger charge is 1.94. The molecule has 0 fully saturated rings. The van der Waals surface area contributed by atoms with Gasteiger partial charge in [-0.2, -0.15) is 0 Å². The monoisotopic (exact) mass is 164 g/mol. The van der Waals surface area contributed by atoms with Crippen LogP contribution in [-0.4, -0.2) is 0 Å². The molecule has 0 heterocycles. The molecule has 0 nitrogen and oxygen atoms in total. The minimum atomic E-state index is 0.671. The van der Waals surface area contributed by atoms with Gasteiger partial charge in [0, 0.05) is 6.42 Å². The Hall–Kier alpha value is -0.700. The molecule has 0 radical (unpaired) electrons. The molecule has 0 N–H and O–H groups in total. The van der Waals surface area contributed by atoms with Gasteiger partial charge in [-0.25, -0.2) is 0 Å². The fourth-order valence-corrected chi connectivity index (χ4v) is 0.924. The van der Waals surface area contributed by atoms with Gasteiger partial charge < -0.3 is 0 Å². The van der Waals surface area contributed by atoms with Crippen LogP contribution in [-0.2, 0) is 0 Å². The number of hydrogen-bond acceptors (Lipinski definition) is 0. The molecule has 0 unspecified atom stereocenters. The molecule has 0 heteroatoms. The van der Waals surface area contributed by atoms with Crippen molar-refractivity contribution in [2.24, 2.45) is 11.8 Å². The molecule has 0 spiro atoms. The van der Waals surface area contributed by atoms with E-state index in [4.69, 9.17) is 0 Å². The minimum absolute atomic E-state index is 0.671. The van der Waals surface area contributed by atoms with Crippen molar-refractivity contribution in [3.63, 3.8) is 0 Å². The van der Waals surface area contributed by atoms with E-state index in [1.807, 2.05) is 0 Å². The molecule has 0 bridgehead atoms. The third-order valence-corrected chi connectivity index (χ3v) is 1.43. The molecule has 0 saturated heterocycles. The molecular weight excluding hydrogens is 144 g/mol. The molecule has 0 atom stereocenters. The summed E-state index contributed by atoms with van der Waals surface area (Å²) in [5, 5.41) is 0. The van der Waals surface area contributed by atoms with E-state index in [0.717, 1.165) is 18.4 Å². The second-order valence-electron chi connectivity index (χ2n) is 4.10. The van der Waals surface area contributed by atoms with Gasteiger partial charge in [0.2, 0.25) is 0 Å². The fraction of sp³-hybridized carbons (Fsp3) is 0.667. The van der Waals surface area contributed by atoms with Gasteiger partial charge in [-0.1, -0.05) is 46.1 Å². The summed E-state index contributed by atoms with van der Waals surface area (Å²) in [7, 11) is 0. The number of hydrogen-bond donors (Lipinski definition) is 0. The van der Waals surface area contributed by atoms with Crippen molar-refractivity contribution in [2.75, 3.05) is 0 Å². The maximum Gasteiger partial charge on any atom is 0.0115 e. The first-order valence-corrected chi connectivity index (χ1v) is 4.69. The fourth-order valence-electron chi connectivity index (χ4n) is 0.924. The Bertz CT molecular complexity index is 186. The van der Waals surface area contributed by atoms with Crippen LogP contribution in [0.15, 0.2) is 12.2 Å². The van der Waals surface area contributed by atoms with Crippen LogP contribution in [0, 0.1) is 23.7 Å². The van der Waals surface area contributed by atoms with Crippen LogP contribution in [0.1, 0.15) is 40.5 Å². The topological polar surface area (TPSA) is 0 Å². The van der Waals surface area contributed by atoms with E-state index in [1.165, 1.54) is 0 Å². The first-order chi connectivity index (χ1) is 5.52. The Labute approximate surface area is 77.1 Å². The van der Waals surface area contributed by atoms with Gasteiger partial charge in [0.25, 0.3) is 0 Å². The standard InChI is InChI=1S/C12H20/c1-10(2)7-6-8-12(5)9-11(3)4/h10-11H,5,7,9H2,1-4H3. The van der Waals surface area contributed by atoms with Gasteiger partial charge in [-0.05, 0) is 23.8 Å². The van der Waals surface area contributed by atoms with Gasteiger partial charge >= 0.3 is 0 Å². The van der Waals surface area contributed by atoms with Crippen LogP contribution in [0.5, 0.6) is 0 Å². The van der Waals surface area contributed by atoms with E-state index in [0.29, 0.717) is 11.8 Å². The lowest BCUT2D eigenvalue weighted by molar-refractivity contribution is 0.652. The van der Waals surface area contributed by atoms with E-state index in [1.54, 1.807) is 0 Å². The average molecular weight is 164 g/mol. The maximum absolute atomic E-state index is 3.92. The van der Waals surface area contributed by atoms with Gasteiger partial charge in [-0.15, -0.1) is 0 Å². The molecule has 0 saturated carbocycles. The molecule has 68 valence electrons. The van der Waals surface area contributed by atoms with Crippen molar-refractivity contribution in [3.05, 3.63) is 12.2 Å². The van der Waals surface area contributed by atoms with Gasteiger partial charge in [-0.3, -0.25) is 0 Å². The summed E-state index contributed by atoms with van der Waals surface area (Å²) < 4.78 is 0. The Balaban J connectivity index is 3.72. The molecule has 0 aromatic carbocycles. The highest BCUT2D eigenvalue weighted by molar-refractivity contribution is 5.25. The molecule has 0 aromatic rings. The second-order valence-corrected chi connectivity index (χ2v) is 4.10. The van der Waals surface area contributed by atoms with Crippen LogP contribution in [0.2, 0.25) is 0 Å². The first-order valence-electron chi connectivity index (χ1n) is 4.69. The molecule has 0 aliphatic heterocycles. The highest BCUT2D eigenvalue weighted by Crippen LogP contribution is 2.07. The predicted molar refractivity (Wildman–Crippen MR) is 55.8 cm³/mol. The Morgan fingerprint density at radius 2 is 1.75 bits per heavy atom. The van der Waals surface area contributed by atoms with Crippen LogP contribution in [0.4, 0.5) is 0 Å². The lowest BCUT2D eigenvalue weighted by atomic mass is 10.0. The lowest BCUT2D eigenvalue weighted by Crippen LogP contribution is -1.88. The van der Waals surface area contributed by atoms with E-state index < -0.39 is 0 Å². The zero-order chi connectivity index (χ0) is 9.56. The number of rotatable bonds is 3. The Morgan fingerprint density at radius 1 is 1.17 bits per heavy atom.